The van der Waals surface area contributed by atoms with Gasteiger partial charge >= 0.3 is 11.9 Å². The van der Waals surface area contributed by atoms with E-state index in [1.165, 1.54) is 31.2 Å². The first-order valence-electron chi connectivity index (χ1n) is 13.9. The first-order chi connectivity index (χ1) is 21.1. The van der Waals surface area contributed by atoms with Crippen LogP contribution in [0.4, 0.5) is 11.4 Å². The standard InChI is InChI=1S/C32H28N4O8/c1-4-43-29(39)32(30(40)44-5-2)31(24-8-6-7-9-25(24)35(19(3)37)28(31)38)26(21-12-10-20(18-33)11-13-21)27(34-32)22-14-16-23(17-15-22)36(41)42/h6-17,26-27,34H,4-5H2,1-3H3/t26-,27-,31-/m1/s1. The maximum atomic E-state index is 15.0. The zero-order valence-corrected chi connectivity index (χ0v) is 24.1. The Labute approximate surface area is 252 Å². The van der Waals surface area contributed by atoms with Crippen LogP contribution in [0.15, 0.2) is 72.8 Å². The van der Waals surface area contributed by atoms with Gasteiger partial charge in [0.15, 0.2) is 0 Å². The smallest absolute Gasteiger partial charge is 0.339 e. The second-order valence-corrected chi connectivity index (χ2v) is 10.4. The van der Waals surface area contributed by atoms with E-state index >= 15 is 0 Å². The summed E-state index contributed by atoms with van der Waals surface area (Å²) in [6.45, 7) is 4.02. The third-order valence-corrected chi connectivity index (χ3v) is 8.21. The van der Waals surface area contributed by atoms with Crippen molar-refractivity contribution in [2.75, 3.05) is 18.1 Å². The SMILES string of the molecule is CCOC(=O)C1(C(=O)OCC)N[C@H](c2ccc([N+](=O)[O-])cc2)[C@@H](c2ccc(C#N)cc2)[C@]12C(=O)N(C(C)=O)c1ccccc12. The molecule has 0 aromatic heterocycles. The second-order valence-electron chi connectivity index (χ2n) is 10.4. The number of non-ortho nitro benzene ring substituents is 1. The van der Waals surface area contributed by atoms with Gasteiger partial charge in [-0.3, -0.25) is 25.0 Å². The Hall–Kier alpha value is -5.41. The number of rotatable bonds is 7. The Bertz CT molecular complexity index is 1700. The van der Waals surface area contributed by atoms with Crippen LogP contribution in [0.25, 0.3) is 0 Å². The molecule has 2 aliphatic heterocycles. The van der Waals surface area contributed by atoms with Crippen molar-refractivity contribution in [3.05, 3.63) is 105 Å². The molecule has 224 valence electrons. The van der Waals surface area contributed by atoms with Gasteiger partial charge in [-0.15, -0.1) is 0 Å². The highest BCUT2D eigenvalue weighted by Crippen LogP contribution is 2.64. The number of carbonyl (C=O) groups is 4. The van der Waals surface area contributed by atoms with E-state index in [-0.39, 0.29) is 30.2 Å². The molecule has 0 bridgehead atoms. The van der Waals surface area contributed by atoms with Crippen LogP contribution in [0.5, 0.6) is 0 Å². The van der Waals surface area contributed by atoms with Crippen LogP contribution in [0, 0.1) is 21.4 Å². The number of ether oxygens (including phenoxy) is 2. The number of anilines is 1. The quantitative estimate of drug-likeness (QED) is 0.184. The summed E-state index contributed by atoms with van der Waals surface area (Å²) in [6, 6.07) is 19.2. The van der Waals surface area contributed by atoms with E-state index in [2.05, 4.69) is 11.4 Å². The van der Waals surface area contributed by atoms with Crippen molar-refractivity contribution in [1.82, 2.24) is 5.32 Å². The molecule has 12 nitrogen and oxygen atoms in total. The number of esters is 2. The Kier molecular flexibility index (Phi) is 7.75. The summed E-state index contributed by atoms with van der Waals surface area (Å²) in [5, 5.41) is 24.1. The van der Waals surface area contributed by atoms with E-state index in [1.807, 2.05) is 0 Å². The highest BCUT2D eigenvalue weighted by atomic mass is 16.6. The second kappa shape index (κ2) is 11.3. The molecule has 1 fully saturated rings. The Balaban J connectivity index is 1.95. The first kappa shape index (κ1) is 30.1. The largest absolute Gasteiger partial charge is 0.464 e. The number of benzene rings is 3. The molecule has 0 saturated carbocycles. The predicted molar refractivity (Wildman–Crippen MR) is 155 cm³/mol. The van der Waals surface area contributed by atoms with Crippen LogP contribution in [-0.4, -0.2) is 47.4 Å². The molecule has 1 saturated heterocycles. The Morgan fingerprint density at radius 1 is 0.955 bits per heavy atom. The summed E-state index contributed by atoms with van der Waals surface area (Å²) < 4.78 is 11.0. The lowest BCUT2D eigenvalue weighted by atomic mass is 9.58. The number of nitro groups is 1. The third kappa shape index (κ3) is 4.16. The van der Waals surface area contributed by atoms with E-state index in [0.717, 1.165) is 4.90 Å². The molecule has 0 aliphatic carbocycles. The highest BCUT2D eigenvalue weighted by molar-refractivity contribution is 6.28. The minimum atomic E-state index is -2.51. The number of nitrogens with one attached hydrogen (secondary N) is 1. The van der Waals surface area contributed by atoms with Crippen molar-refractivity contribution in [2.45, 2.75) is 43.7 Å². The molecule has 3 atom stereocenters. The van der Waals surface area contributed by atoms with Crippen molar-refractivity contribution in [3.63, 3.8) is 0 Å². The summed E-state index contributed by atoms with van der Waals surface area (Å²) in [5.41, 5.74) is -3.26. The number of para-hydroxylation sites is 1. The summed E-state index contributed by atoms with van der Waals surface area (Å²) in [5.74, 6) is -4.76. The van der Waals surface area contributed by atoms with Gasteiger partial charge in [-0.05, 0) is 48.7 Å². The molecular formula is C32H28N4O8. The van der Waals surface area contributed by atoms with Crippen molar-refractivity contribution in [1.29, 1.82) is 5.26 Å². The van der Waals surface area contributed by atoms with Crippen LogP contribution in [0.3, 0.4) is 0 Å². The molecule has 1 spiro atoms. The van der Waals surface area contributed by atoms with Crippen LogP contribution in [0.1, 0.15) is 55.0 Å². The molecule has 0 radical (unpaired) electrons. The van der Waals surface area contributed by atoms with Gasteiger partial charge in [0.1, 0.15) is 5.41 Å². The van der Waals surface area contributed by atoms with Gasteiger partial charge in [-0.1, -0.05) is 42.5 Å². The molecule has 2 heterocycles. The number of nitro benzene ring substituents is 1. The van der Waals surface area contributed by atoms with E-state index < -0.39 is 51.6 Å². The molecule has 5 rings (SSSR count). The number of carbonyl (C=O) groups excluding carboxylic acids is 4. The zero-order valence-electron chi connectivity index (χ0n) is 24.1. The van der Waals surface area contributed by atoms with Gasteiger partial charge in [0.2, 0.25) is 17.4 Å². The highest BCUT2D eigenvalue weighted by Gasteiger charge is 2.80. The fraction of sp³-hybridized carbons (Fsp3) is 0.281. The average molecular weight is 597 g/mol. The molecule has 44 heavy (non-hydrogen) atoms. The lowest BCUT2D eigenvalue weighted by Gasteiger charge is -2.40. The fourth-order valence-corrected chi connectivity index (χ4v) is 6.58. The van der Waals surface area contributed by atoms with Crippen molar-refractivity contribution < 1.29 is 33.6 Å². The Morgan fingerprint density at radius 3 is 2.05 bits per heavy atom. The Morgan fingerprint density at radius 2 is 1.52 bits per heavy atom. The third-order valence-electron chi connectivity index (χ3n) is 8.21. The zero-order chi connectivity index (χ0) is 31.8. The topological polar surface area (TPSA) is 169 Å². The number of amides is 2. The minimum Gasteiger partial charge on any atom is -0.464 e. The number of imide groups is 1. The normalized spacial score (nSPS) is 21.4. The van der Waals surface area contributed by atoms with E-state index in [4.69, 9.17) is 9.47 Å². The summed E-state index contributed by atoms with van der Waals surface area (Å²) in [7, 11) is 0. The van der Waals surface area contributed by atoms with Gasteiger partial charge < -0.3 is 9.47 Å². The van der Waals surface area contributed by atoms with Gasteiger partial charge in [0, 0.05) is 31.0 Å². The number of hydrogen-bond acceptors (Lipinski definition) is 10. The van der Waals surface area contributed by atoms with Crippen molar-refractivity contribution in [3.8, 4) is 6.07 Å². The lowest BCUT2D eigenvalue weighted by Crippen LogP contribution is -2.70. The molecule has 2 amide bonds. The van der Waals surface area contributed by atoms with E-state index in [9.17, 15) is 34.6 Å². The van der Waals surface area contributed by atoms with Crippen LogP contribution in [0.2, 0.25) is 0 Å². The lowest BCUT2D eigenvalue weighted by molar-refractivity contribution is -0.384. The van der Waals surface area contributed by atoms with Crippen molar-refractivity contribution >= 4 is 35.1 Å². The van der Waals surface area contributed by atoms with Gasteiger partial charge in [-0.25, -0.2) is 14.5 Å². The monoisotopic (exact) mass is 596 g/mol. The molecule has 0 unspecified atom stereocenters. The van der Waals surface area contributed by atoms with Gasteiger partial charge in [0.05, 0.1) is 35.5 Å². The molecular weight excluding hydrogens is 568 g/mol. The molecule has 1 N–H and O–H groups in total. The predicted octanol–water partition coefficient (Wildman–Crippen LogP) is 3.59. The van der Waals surface area contributed by atoms with Crippen LogP contribution in [-0.2, 0) is 34.1 Å². The molecule has 3 aromatic carbocycles. The number of hydrogen-bond donors (Lipinski definition) is 1. The number of nitrogens with zero attached hydrogens (tertiary/aromatic N) is 3. The van der Waals surface area contributed by atoms with Crippen molar-refractivity contribution in [2.24, 2.45) is 0 Å². The number of nitriles is 1. The summed E-state index contributed by atoms with van der Waals surface area (Å²) in [6.07, 6.45) is 0. The fourth-order valence-electron chi connectivity index (χ4n) is 6.58. The van der Waals surface area contributed by atoms with E-state index in [0.29, 0.717) is 16.7 Å². The number of fused-ring (bicyclic) bond motifs is 2. The molecule has 2 aliphatic rings. The molecule has 3 aromatic rings. The maximum Gasteiger partial charge on any atom is 0.339 e. The van der Waals surface area contributed by atoms with Gasteiger partial charge in [-0.2, -0.15) is 5.26 Å². The maximum absolute atomic E-state index is 15.0. The first-order valence-corrected chi connectivity index (χ1v) is 13.9. The van der Waals surface area contributed by atoms with Crippen LogP contribution >= 0.6 is 0 Å². The average Bonchev–Trinajstić information content (AvgIpc) is 3.48. The molecule has 12 heteroatoms. The summed E-state index contributed by atoms with van der Waals surface area (Å²) in [4.78, 5) is 68.5. The van der Waals surface area contributed by atoms with E-state index in [1.54, 1.807) is 62.4 Å². The minimum absolute atomic E-state index is 0.145. The van der Waals surface area contributed by atoms with Gasteiger partial charge in [0.25, 0.3) is 5.69 Å². The summed E-state index contributed by atoms with van der Waals surface area (Å²) >= 11 is 0. The van der Waals surface area contributed by atoms with Crippen LogP contribution < -0.4 is 10.2 Å².